The highest BCUT2D eigenvalue weighted by Crippen LogP contribution is 2.36. The van der Waals surface area contributed by atoms with Crippen molar-refractivity contribution in [3.8, 4) is 5.75 Å². The van der Waals surface area contributed by atoms with Gasteiger partial charge in [-0.15, -0.1) is 0 Å². The first-order valence-electron chi connectivity index (χ1n) is 9.08. The summed E-state index contributed by atoms with van der Waals surface area (Å²) in [5.41, 5.74) is 2.14. The average molecular weight is 344 g/mol. The zero-order valence-corrected chi connectivity index (χ0v) is 15.2. The summed E-state index contributed by atoms with van der Waals surface area (Å²) >= 11 is 0. The number of aliphatic hydroxyl groups excluding tert-OH is 1. The Hall–Kier alpha value is -2.01. The van der Waals surface area contributed by atoms with E-state index >= 15 is 0 Å². The fourth-order valence-corrected chi connectivity index (χ4v) is 3.65. The summed E-state index contributed by atoms with van der Waals surface area (Å²) in [5.74, 6) is 1.09. The highest BCUT2D eigenvalue weighted by atomic mass is 16.5. The predicted molar refractivity (Wildman–Crippen MR) is 97.7 cm³/mol. The number of hydrogen-bond donors (Lipinski definition) is 3. The number of benzene rings is 1. The Kier molecular flexibility index (Phi) is 5.04. The van der Waals surface area contributed by atoms with Crippen LogP contribution in [0.1, 0.15) is 50.8 Å². The van der Waals surface area contributed by atoms with Gasteiger partial charge in [0.2, 0.25) is 0 Å². The minimum atomic E-state index is -0.169. The molecule has 0 fully saturated rings. The van der Waals surface area contributed by atoms with E-state index in [0.717, 1.165) is 30.6 Å². The van der Waals surface area contributed by atoms with E-state index in [0.29, 0.717) is 0 Å². The maximum absolute atomic E-state index is 12.3. The number of carbonyl (C=O) groups is 1. The van der Waals surface area contributed by atoms with Gasteiger partial charge in [0.15, 0.2) is 0 Å². The van der Waals surface area contributed by atoms with Gasteiger partial charge in [0.25, 0.3) is 0 Å². The highest BCUT2D eigenvalue weighted by Gasteiger charge is 2.30. The molecule has 5 heteroatoms. The van der Waals surface area contributed by atoms with Crippen LogP contribution in [-0.2, 0) is 6.42 Å². The Balaban J connectivity index is 1.62. The van der Waals surface area contributed by atoms with E-state index in [4.69, 9.17) is 4.74 Å². The molecule has 3 atom stereocenters. The van der Waals surface area contributed by atoms with Crippen LogP contribution >= 0.6 is 0 Å². The van der Waals surface area contributed by atoms with Crippen molar-refractivity contribution in [3.05, 3.63) is 41.5 Å². The highest BCUT2D eigenvalue weighted by molar-refractivity contribution is 5.75. The van der Waals surface area contributed by atoms with Crippen molar-refractivity contribution in [3.63, 3.8) is 0 Å². The quantitative estimate of drug-likeness (QED) is 0.719. The molecule has 3 rings (SSSR count). The minimum Gasteiger partial charge on any atom is -0.487 e. The van der Waals surface area contributed by atoms with Crippen molar-refractivity contribution in [2.75, 3.05) is 6.61 Å². The number of carbonyl (C=O) groups excluding carboxylic acids is 1. The zero-order valence-electron chi connectivity index (χ0n) is 15.2. The summed E-state index contributed by atoms with van der Waals surface area (Å²) in [6.45, 7) is 6.37. The third-order valence-corrected chi connectivity index (χ3v) is 4.93. The topological polar surface area (TPSA) is 70.6 Å². The number of rotatable bonds is 5. The van der Waals surface area contributed by atoms with Crippen LogP contribution in [0.4, 0.5) is 4.79 Å². The maximum atomic E-state index is 12.3. The van der Waals surface area contributed by atoms with Gasteiger partial charge in [0.05, 0.1) is 6.04 Å². The molecule has 1 aromatic carbocycles. The maximum Gasteiger partial charge on any atom is 0.315 e. The predicted octanol–water partition coefficient (Wildman–Crippen LogP) is 3.09. The van der Waals surface area contributed by atoms with Crippen molar-refractivity contribution in [1.82, 2.24) is 10.6 Å². The molecule has 1 aliphatic carbocycles. The molecule has 0 radical (unpaired) electrons. The summed E-state index contributed by atoms with van der Waals surface area (Å²) in [5, 5.41) is 15.2. The zero-order chi connectivity index (χ0) is 18.0. The Morgan fingerprint density at radius 3 is 2.88 bits per heavy atom. The molecule has 25 heavy (non-hydrogen) atoms. The van der Waals surface area contributed by atoms with E-state index in [9.17, 15) is 9.90 Å². The van der Waals surface area contributed by atoms with E-state index in [2.05, 4.69) is 37.5 Å². The molecule has 1 aliphatic heterocycles. The summed E-state index contributed by atoms with van der Waals surface area (Å²) in [7, 11) is 0. The Bertz CT molecular complexity index is 669. The number of nitrogens with one attached hydrogen (secondary N) is 2. The number of hydrogen-bond acceptors (Lipinski definition) is 3. The fraction of sp³-hybridized carbons (Fsp3) is 0.550. The van der Waals surface area contributed by atoms with Crippen LogP contribution in [0.2, 0.25) is 0 Å². The third-order valence-electron chi connectivity index (χ3n) is 4.93. The van der Waals surface area contributed by atoms with E-state index in [1.54, 1.807) is 0 Å². The SMILES string of the molecule is CC[C@@H](NC(=O)N[C@@H]1C=C[C@H](CO)C1)c1ccc2c(c1)CC(C)(C)O2. The van der Waals surface area contributed by atoms with Gasteiger partial charge in [-0.3, -0.25) is 0 Å². The second kappa shape index (κ2) is 7.08. The third kappa shape index (κ3) is 4.15. The number of ether oxygens (including phenoxy) is 1. The monoisotopic (exact) mass is 344 g/mol. The Labute approximate surface area is 149 Å². The first kappa shape index (κ1) is 17.8. The molecule has 0 saturated carbocycles. The lowest BCUT2D eigenvalue weighted by Gasteiger charge is -2.20. The lowest BCUT2D eigenvalue weighted by Crippen LogP contribution is -2.42. The second-order valence-electron chi connectivity index (χ2n) is 7.65. The Morgan fingerprint density at radius 1 is 1.40 bits per heavy atom. The van der Waals surface area contributed by atoms with Crippen LogP contribution in [0.25, 0.3) is 0 Å². The second-order valence-corrected chi connectivity index (χ2v) is 7.65. The normalized spacial score (nSPS) is 24.5. The minimum absolute atomic E-state index is 0.0103. The molecule has 0 spiro atoms. The summed E-state index contributed by atoms with van der Waals surface area (Å²) in [6, 6.07) is 5.98. The molecule has 5 nitrogen and oxygen atoms in total. The van der Waals surface area contributed by atoms with Crippen molar-refractivity contribution < 1.29 is 14.6 Å². The van der Waals surface area contributed by atoms with E-state index in [1.807, 2.05) is 24.3 Å². The molecule has 2 aliphatic rings. The van der Waals surface area contributed by atoms with E-state index < -0.39 is 0 Å². The van der Waals surface area contributed by atoms with Crippen LogP contribution < -0.4 is 15.4 Å². The van der Waals surface area contributed by atoms with Gasteiger partial charge >= 0.3 is 6.03 Å². The molecule has 0 aromatic heterocycles. The first-order valence-corrected chi connectivity index (χ1v) is 9.08. The lowest BCUT2D eigenvalue weighted by atomic mass is 9.97. The van der Waals surface area contributed by atoms with Crippen LogP contribution in [0, 0.1) is 5.92 Å². The van der Waals surface area contributed by atoms with Crippen LogP contribution in [0.5, 0.6) is 5.75 Å². The van der Waals surface area contributed by atoms with Crippen molar-refractivity contribution in [2.24, 2.45) is 5.92 Å². The molecule has 3 N–H and O–H groups in total. The molecule has 0 bridgehead atoms. The molecular weight excluding hydrogens is 316 g/mol. The van der Waals surface area contributed by atoms with Crippen molar-refractivity contribution in [1.29, 1.82) is 0 Å². The van der Waals surface area contributed by atoms with Crippen molar-refractivity contribution in [2.45, 2.75) is 57.7 Å². The molecular formula is C20H28N2O3. The standard InChI is InChI=1S/C20H28N2O3/c1-4-17(22-19(24)21-16-7-5-13(9-16)12-23)14-6-8-18-15(10-14)11-20(2,3)25-18/h5-8,10,13,16-17,23H,4,9,11-12H2,1-3H3,(H2,21,22,24)/t13-,16+,17+/m0/s1. The molecule has 0 unspecified atom stereocenters. The molecule has 0 saturated heterocycles. The van der Waals surface area contributed by atoms with Gasteiger partial charge < -0.3 is 20.5 Å². The molecule has 136 valence electrons. The average Bonchev–Trinajstić information content (AvgIpc) is 3.13. The van der Waals surface area contributed by atoms with Crippen molar-refractivity contribution >= 4 is 6.03 Å². The van der Waals surface area contributed by atoms with E-state index in [1.165, 1.54) is 5.56 Å². The lowest BCUT2D eigenvalue weighted by molar-refractivity contribution is 0.138. The van der Waals surface area contributed by atoms with Gasteiger partial charge in [0, 0.05) is 25.0 Å². The van der Waals surface area contributed by atoms with Gasteiger partial charge in [-0.1, -0.05) is 25.1 Å². The van der Waals surface area contributed by atoms with Crippen LogP contribution in [0.3, 0.4) is 0 Å². The molecule has 1 heterocycles. The van der Waals surface area contributed by atoms with Crippen LogP contribution in [-0.4, -0.2) is 29.4 Å². The smallest absolute Gasteiger partial charge is 0.315 e. The summed E-state index contributed by atoms with van der Waals surface area (Å²) in [4.78, 5) is 12.3. The fourth-order valence-electron chi connectivity index (χ4n) is 3.65. The van der Waals surface area contributed by atoms with Gasteiger partial charge in [-0.2, -0.15) is 0 Å². The largest absolute Gasteiger partial charge is 0.487 e. The first-order chi connectivity index (χ1) is 11.9. The number of fused-ring (bicyclic) bond motifs is 1. The summed E-state index contributed by atoms with van der Waals surface area (Å²) in [6.07, 6.45) is 6.37. The number of aliphatic hydroxyl groups is 1. The Morgan fingerprint density at radius 2 is 2.20 bits per heavy atom. The number of urea groups is 1. The van der Waals surface area contributed by atoms with Gasteiger partial charge in [-0.05, 0) is 49.9 Å². The van der Waals surface area contributed by atoms with Gasteiger partial charge in [0.1, 0.15) is 11.4 Å². The molecule has 1 aromatic rings. The summed E-state index contributed by atoms with van der Waals surface area (Å²) < 4.78 is 5.93. The number of amides is 2. The van der Waals surface area contributed by atoms with E-state index in [-0.39, 0.29) is 36.2 Å². The van der Waals surface area contributed by atoms with Gasteiger partial charge in [-0.25, -0.2) is 4.79 Å². The molecule has 2 amide bonds. The van der Waals surface area contributed by atoms with Crippen LogP contribution in [0.15, 0.2) is 30.4 Å².